The van der Waals surface area contributed by atoms with Crippen molar-refractivity contribution in [2.24, 2.45) is 0 Å². The number of benzene rings is 2. The molecule has 0 saturated carbocycles. The van der Waals surface area contributed by atoms with Crippen LogP contribution in [0.25, 0.3) is 39.4 Å². The van der Waals surface area contributed by atoms with Crippen molar-refractivity contribution in [3.63, 3.8) is 0 Å². The Kier molecular flexibility index (Phi) is 7.84. The van der Waals surface area contributed by atoms with Crippen molar-refractivity contribution in [2.45, 2.75) is 31.2 Å². The number of halogens is 6. The number of pyridine rings is 2. The highest BCUT2D eigenvalue weighted by Crippen LogP contribution is 2.57. The molecule has 5 heterocycles. The molecule has 0 radical (unpaired) electrons. The van der Waals surface area contributed by atoms with E-state index in [4.69, 9.17) is 29.6 Å². The van der Waals surface area contributed by atoms with E-state index in [2.05, 4.69) is 20.2 Å². The minimum atomic E-state index is -5.91. The SMILES string of the molecule is O=[P@]1(OCc2ccc(-c3cc(C(F)(F)C(F)(F)F)nc4c3ccc3nc(-c5nnco5)cn34)cc2)OCC[C@@H](c2cccc(Cl)c2)O1. The third-order valence-corrected chi connectivity index (χ3v) is 9.11. The van der Waals surface area contributed by atoms with Gasteiger partial charge in [-0.05, 0) is 52.6 Å². The van der Waals surface area contributed by atoms with Crippen LogP contribution in [-0.4, -0.2) is 37.3 Å². The van der Waals surface area contributed by atoms with E-state index in [0.717, 1.165) is 6.39 Å². The van der Waals surface area contributed by atoms with Gasteiger partial charge in [-0.15, -0.1) is 10.2 Å². The predicted molar refractivity (Wildman–Crippen MR) is 157 cm³/mol. The van der Waals surface area contributed by atoms with Gasteiger partial charge in [-0.25, -0.2) is 14.5 Å². The van der Waals surface area contributed by atoms with Gasteiger partial charge in [-0.2, -0.15) is 22.0 Å². The molecular formula is C30H20ClF5N5O5P. The Labute approximate surface area is 266 Å². The molecule has 0 aliphatic carbocycles. The number of nitrogens with zero attached hydrogens (tertiary/aromatic N) is 5. The van der Waals surface area contributed by atoms with Gasteiger partial charge in [0, 0.05) is 23.0 Å². The van der Waals surface area contributed by atoms with Gasteiger partial charge in [0.15, 0.2) is 0 Å². The molecule has 7 rings (SSSR count). The molecule has 17 heteroatoms. The molecule has 0 spiro atoms. The fourth-order valence-electron chi connectivity index (χ4n) is 5.11. The maximum Gasteiger partial charge on any atom is 0.475 e. The molecule has 1 aliphatic rings. The fraction of sp³-hybridized carbons (Fsp3) is 0.200. The van der Waals surface area contributed by atoms with Gasteiger partial charge in [0.05, 0.1) is 19.3 Å². The summed E-state index contributed by atoms with van der Waals surface area (Å²) in [6.07, 6.45) is -3.62. The van der Waals surface area contributed by atoms with Gasteiger partial charge in [0.1, 0.15) is 22.7 Å². The maximum absolute atomic E-state index is 14.7. The van der Waals surface area contributed by atoms with Gasteiger partial charge in [-0.3, -0.25) is 18.0 Å². The number of hydrogen-bond acceptors (Lipinski definition) is 9. The molecule has 0 amide bonds. The molecule has 47 heavy (non-hydrogen) atoms. The van der Waals surface area contributed by atoms with E-state index in [-0.39, 0.29) is 47.0 Å². The molecule has 4 aromatic heterocycles. The maximum atomic E-state index is 14.7. The Morgan fingerprint density at radius 1 is 1.02 bits per heavy atom. The first-order valence-corrected chi connectivity index (χ1v) is 15.7. The van der Waals surface area contributed by atoms with Crippen LogP contribution in [0.2, 0.25) is 5.02 Å². The summed E-state index contributed by atoms with van der Waals surface area (Å²) in [4.78, 5) is 8.07. The molecule has 242 valence electrons. The summed E-state index contributed by atoms with van der Waals surface area (Å²) >= 11 is 6.07. The smallest absolute Gasteiger partial charge is 0.422 e. The molecule has 0 bridgehead atoms. The summed E-state index contributed by atoms with van der Waals surface area (Å²) in [6.45, 7) is -0.0869. The molecule has 0 N–H and O–H groups in total. The Hall–Kier alpha value is -4.27. The van der Waals surface area contributed by atoms with Crippen LogP contribution >= 0.6 is 19.4 Å². The van der Waals surface area contributed by atoms with Gasteiger partial charge in [0.25, 0.3) is 5.89 Å². The molecule has 1 fully saturated rings. The van der Waals surface area contributed by atoms with E-state index in [0.29, 0.717) is 34.2 Å². The van der Waals surface area contributed by atoms with Gasteiger partial charge in [0.2, 0.25) is 6.39 Å². The topological polar surface area (TPSA) is 114 Å². The van der Waals surface area contributed by atoms with E-state index < -0.39 is 31.7 Å². The number of hydrogen-bond donors (Lipinski definition) is 0. The summed E-state index contributed by atoms with van der Waals surface area (Å²) in [5, 5.41) is 8.10. The summed E-state index contributed by atoms with van der Waals surface area (Å²) < 4.78 is 106. The molecular weight excluding hydrogens is 672 g/mol. The zero-order valence-electron chi connectivity index (χ0n) is 23.7. The van der Waals surface area contributed by atoms with Crippen LogP contribution in [-0.2, 0) is 30.7 Å². The number of aromatic nitrogens is 5. The Balaban J connectivity index is 1.21. The molecule has 0 unspecified atom stereocenters. The van der Waals surface area contributed by atoms with Crippen LogP contribution in [0.15, 0.2) is 83.7 Å². The number of phosphoric ester groups is 1. The van der Waals surface area contributed by atoms with E-state index in [9.17, 15) is 26.5 Å². The van der Waals surface area contributed by atoms with Crippen molar-refractivity contribution in [3.8, 4) is 22.7 Å². The number of fused-ring (bicyclic) bond motifs is 3. The van der Waals surface area contributed by atoms with Crippen molar-refractivity contribution in [1.29, 1.82) is 0 Å². The lowest BCUT2D eigenvalue weighted by atomic mass is 9.99. The molecule has 2 aromatic carbocycles. The number of imidazole rings is 1. The zero-order chi connectivity index (χ0) is 33.0. The van der Waals surface area contributed by atoms with E-state index in [1.54, 1.807) is 42.5 Å². The zero-order valence-corrected chi connectivity index (χ0v) is 25.3. The van der Waals surface area contributed by atoms with E-state index >= 15 is 0 Å². The van der Waals surface area contributed by atoms with Crippen molar-refractivity contribution >= 4 is 36.1 Å². The van der Waals surface area contributed by atoms with Gasteiger partial charge >= 0.3 is 19.9 Å². The second kappa shape index (κ2) is 11.8. The second-order valence-corrected chi connectivity index (χ2v) is 12.5. The van der Waals surface area contributed by atoms with Crippen molar-refractivity contribution in [1.82, 2.24) is 24.6 Å². The lowest BCUT2D eigenvalue weighted by Gasteiger charge is -2.29. The minimum absolute atomic E-state index is 0.0166. The van der Waals surface area contributed by atoms with Crippen LogP contribution in [0.5, 0.6) is 0 Å². The average Bonchev–Trinajstić information content (AvgIpc) is 3.74. The standard InChI is InChI=1S/C30H20ClF5N5O5P/c31-20-3-1-2-19(12-20)24-10-11-44-47(42,46-24)45-15-17-4-6-18(7-5-17)22-13-25(29(32,33)30(34,35)36)39-27-21(22)8-9-26-38-23(14-41(26)27)28-40-37-16-43-28/h1-9,12-14,16,24H,10-11,15H2/t24-,47+/m0/s1. The van der Waals surface area contributed by atoms with Crippen LogP contribution in [0.4, 0.5) is 22.0 Å². The van der Waals surface area contributed by atoms with Crippen LogP contribution in [0.3, 0.4) is 0 Å². The number of rotatable bonds is 7. The van der Waals surface area contributed by atoms with Crippen LogP contribution < -0.4 is 0 Å². The fourth-order valence-corrected chi connectivity index (χ4v) is 6.68. The van der Waals surface area contributed by atoms with E-state index in [1.165, 1.54) is 28.8 Å². The first kappa shape index (κ1) is 31.3. The Morgan fingerprint density at radius 2 is 1.83 bits per heavy atom. The first-order valence-electron chi connectivity index (χ1n) is 13.9. The lowest BCUT2D eigenvalue weighted by Crippen LogP contribution is -2.34. The van der Waals surface area contributed by atoms with Crippen LogP contribution in [0.1, 0.15) is 29.3 Å². The summed E-state index contributed by atoms with van der Waals surface area (Å²) in [5.41, 5.74) is 0.225. The molecule has 1 aliphatic heterocycles. The van der Waals surface area contributed by atoms with Crippen molar-refractivity contribution < 1.29 is 44.5 Å². The highest BCUT2D eigenvalue weighted by atomic mass is 35.5. The number of alkyl halides is 5. The Morgan fingerprint density at radius 3 is 2.55 bits per heavy atom. The quantitative estimate of drug-likeness (QED) is 0.120. The summed E-state index contributed by atoms with van der Waals surface area (Å²) in [7, 11) is -3.96. The monoisotopic (exact) mass is 691 g/mol. The third kappa shape index (κ3) is 6.01. The average molecular weight is 692 g/mol. The van der Waals surface area contributed by atoms with E-state index in [1.807, 2.05) is 0 Å². The molecule has 1 saturated heterocycles. The minimum Gasteiger partial charge on any atom is -0.422 e. The van der Waals surface area contributed by atoms with Crippen molar-refractivity contribution in [2.75, 3.05) is 6.61 Å². The predicted octanol–water partition coefficient (Wildman–Crippen LogP) is 8.71. The Bertz CT molecular complexity index is 2140. The lowest BCUT2D eigenvalue weighted by molar-refractivity contribution is -0.290. The third-order valence-electron chi connectivity index (χ3n) is 7.42. The van der Waals surface area contributed by atoms with Gasteiger partial charge in [-0.1, -0.05) is 48.0 Å². The van der Waals surface area contributed by atoms with Crippen molar-refractivity contribution in [3.05, 3.63) is 101 Å². The largest absolute Gasteiger partial charge is 0.475 e. The molecule has 6 aromatic rings. The van der Waals surface area contributed by atoms with Gasteiger partial charge < -0.3 is 4.42 Å². The number of phosphoric acid groups is 1. The molecule has 2 atom stereocenters. The summed E-state index contributed by atoms with van der Waals surface area (Å²) in [6, 6.07) is 16.8. The molecule has 10 nitrogen and oxygen atoms in total. The second-order valence-electron chi connectivity index (χ2n) is 10.5. The normalized spacial score (nSPS) is 19.1. The van der Waals surface area contributed by atoms with Crippen LogP contribution in [0, 0.1) is 0 Å². The highest BCUT2D eigenvalue weighted by molar-refractivity contribution is 7.48. The summed E-state index contributed by atoms with van der Waals surface area (Å²) in [5.74, 6) is -5.25. The first-order chi connectivity index (χ1) is 22.4. The highest BCUT2D eigenvalue weighted by Gasteiger charge is 2.60.